The molecule has 2 rings (SSSR count). The quantitative estimate of drug-likeness (QED) is 0.515. The molecular formula is C11H15NO4. The number of ether oxygens (including phenoxy) is 1. The van der Waals surface area contributed by atoms with Gasteiger partial charge in [-0.3, -0.25) is 0 Å². The number of aliphatic hydroxyl groups excluding tert-OH is 3. The largest absolute Gasteiger partial charge is 0.497 e. The van der Waals surface area contributed by atoms with Crippen LogP contribution in [-0.2, 0) is 0 Å². The molecule has 0 amide bonds. The molecule has 1 aliphatic carbocycles. The highest BCUT2D eigenvalue weighted by atomic mass is 16.5. The molecular weight excluding hydrogens is 210 g/mol. The molecule has 16 heavy (non-hydrogen) atoms. The maximum Gasteiger partial charge on any atom is 0.119 e. The van der Waals surface area contributed by atoms with Crippen molar-refractivity contribution in [2.24, 2.45) is 5.73 Å². The van der Waals surface area contributed by atoms with Crippen LogP contribution in [0.1, 0.15) is 23.3 Å². The summed E-state index contributed by atoms with van der Waals surface area (Å²) in [5, 5.41) is 29.0. The summed E-state index contributed by atoms with van der Waals surface area (Å²) in [6.07, 6.45) is -3.56. The van der Waals surface area contributed by atoms with Crippen LogP contribution in [0, 0.1) is 0 Å². The van der Waals surface area contributed by atoms with Crippen LogP contribution in [0.15, 0.2) is 18.2 Å². The summed E-state index contributed by atoms with van der Waals surface area (Å²) in [5.74, 6) is 0.577. The third-order valence-corrected chi connectivity index (χ3v) is 3.01. The highest BCUT2D eigenvalue weighted by Crippen LogP contribution is 2.37. The van der Waals surface area contributed by atoms with E-state index in [1.165, 1.54) is 7.11 Å². The Morgan fingerprint density at radius 1 is 1.12 bits per heavy atom. The molecule has 0 saturated carbocycles. The van der Waals surface area contributed by atoms with Crippen LogP contribution in [0.2, 0.25) is 0 Å². The summed E-state index contributed by atoms with van der Waals surface area (Å²) in [4.78, 5) is 0. The Kier molecular flexibility index (Phi) is 2.86. The number of nitrogens with two attached hydrogens (primary N) is 1. The lowest BCUT2D eigenvalue weighted by Crippen LogP contribution is -2.44. The standard InChI is InChI=1S/C11H15NO4/c1-16-5-2-3-6-7(4-5)9(13)11(15)10(14)8(6)12/h2-4,8-11,13-15H,12H2,1H3/t8-,9+,10+,11+/m0/s1. The maximum atomic E-state index is 9.82. The van der Waals surface area contributed by atoms with Gasteiger partial charge in [-0.05, 0) is 23.3 Å². The first-order valence-electron chi connectivity index (χ1n) is 5.04. The summed E-state index contributed by atoms with van der Waals surface area (Å²) in [6, 6.07) is 4.32. The third kappa shape index (κ3) is 1.58. The predicted octanol–water partition coefficient (Wildman–Crippen LogP) is -0.536. The van der Waals surface area contributed by atoms with Crippen LogP contribution in [0.25, 0.3) is 0 Å². The minimum absolute atomic E-state index is 0.504. The second-order valence-corrected chi connectivity index (χ2v) is 3.95. The van der Waals surface area contributed by atoms with Gasteiger partial charge in [-0.25, -0.2) is 0 Å². The zero-order chi connectivity index (χ0) is 11.9. The van der Waals surface area contributed by atoms with Crippen LogP contribution in [-0.4, -0.2) is 34.6 Å². The van der Waals surface area contributed by atoms with Crippen molar-refractivity contribution in [2.45, 2.75) is 24.4 Å². The normalized spacial score (nSPS) is 33.3. The number of methoxy groups -OCH3 is 1. The van der Waals surface area contributed by atoms with E-state index in [1.54, 1.807) is 18.2 Å². The highest BCUT2D eigenvalue weighted by Gasteiger charge is 2.38. The van der Waals surface area contributed by atoms with E-state index in [9.17, 15) is 15.3 Å². The number of hydrogen-bond donors (Lipinski definition) is 4. The lowest BCUT2D eigenvalue weighted by Gasteiger charge is -2.35. The molecule has 5 heteroatoms. The van der Waals surface area contributed by atoms with Crippen LogP contribution in [0.5, 0.6) is 5.75 Å². The van der Waals surface area contributed by atoms with E-state index in [0.29, 0.717) is 16.9 Å². The van der Waals surface area contributed by atoms with Crippen molar-refractivity contribution >= 4 is 0 Å². The molecule has 0 radical (unpaired) electrons. The van der Waals surface area contributed by atoms with Gasteiger partial charge in [0.25, 0.3) is 0 Å². The van der Waals surface area contributed by atoms with Crippen LogP contribution in [0.4, 0.5) is 0 Å². The molecule has 5 nitrogen and oxygen atoms in total. The van der Waals surface area contributed by atoms with E-state index in [0.717, 1.165) is 0 Å². The lowest BCUT2D eigenvalue weighted by atomic mass is 9.82. The van der Waals surface area contributed by atoms with Crippen molar-refractivity contribution in [3.05, 3.63) is 29.3 Å². The van der Waals surface area contributed by atoms with Gasteiger partial charge in [-0.15, -0.1) is 0 Å². The Balaban J connectivity index is 2.50. The fourth-order valence-corrected chi connectivity index (χ4v) is 2.01. The van der Waals surface area contributed by atoms with E-state index in [2.05, 4.69) is 0 Å². The Hall–Kier alpha value is -1.14. The number of fused-ring (bicyclic) bond motifs is 1. The minimum Gasteiger partial charge on any atom is -0.497 e. The molecule has 0 unspecified atom stereocenters. The molecule has 0 saturated heterocycles. The molecule has 1 aliphatic rings. The molecule has 88 valence electrons. The van der Waals surface area contributed by atoms with Gasteiger partial charge in [0.05, 0.1) is 13.2 Å². The monoisotopic (exact) mass is 225 g/mol. The van der Waals surface area contributed by atoms with Gasteiger partial charge in [0, 0.05) is 0 Å². The molecule has 0 bridgehead atoms. The van der Waals surface area contributed by atoms with Crippen molar-refractivity contribution in [1.82, 2.24) is 0 Å². The van der Waals surface area contributed by atoms with Gasteiger partial charge < -0.3 is 25.8 Å². The van der Waals surface area contributed by atoms with Gasteiger partial charge in [0.2, 0.25) is 0 Å². The zero-order valence-corrected chi connectivity index (χ0v) is 8.87. The van der Waals surface area contributed by atoms with Gasteiger partial charge in [-0.2, -0.15) is 0 Å². The molecule has 0 aliphatic heterocycles. The topological polar surface area (TPSA) is 95.9 Å². The van der Waals surface area contributed by atoms with Crippen molar-refractivity contribution < 1.29 is 20.1 Å². The summed E-state index contributed by atoms with van der Waals surface area (Å²) < 4.78 is 5.03. The number of hydrogen-bond acceptors (Lipinski definition) is 5. The average molecular weight is 225 g/mol. The molecule has 4 atom stereocenters. The lowest BCUT2D eigenvalue weighted by molar-refractivity contribution is -0.0798. The van der Waals surface area contributed by atoms with Gasteiger partial charge >= 0.3 is 0 Å². The van der Waals surface area contributed by atoms with Crippen molar-refractivity contribution in [2.75, 3.05) is 7.11 Å². The number of aliphatic hydroxyl groups is 3. The summed E-state index contributed by atoms with van der Waals surface area (Å²) in [7, 11) is 1.52. The van der Waals surface area contributed by atoms with E-state index in [4.69, 9.17) is 10.5 Å². The second kappa shape index (κ2) is 4.03. The first kappa shape index (κ1) is 11.3. The predicted molar refractivity (Wildman–Crippen MR) is 56.9 cm³/mol. The Morgan fingerprint density at radius 3 is 2.44 bits per heavy atom. The first-order chi connectivity index (χ1) is 7.56. The Morgan fingerprint density at radius 2 is 1.81 bits per heavy atom. The molecule has 5 N–H and O–H groups in total. The molecule has 0 fully saturated rings. The molecule has 0 spiro atoms. The molecule has 1 aromatic rings. The zero-order valence-electron chi connectivity index (χ0n) is 8.87. The molecule has 0 heterocycles. The second-order valence-electron chi connectivity index (χ2n) is 3.95. The fraction of sp³-hybridized carbons (Fsp3) is 0.455. The van der Waals surface area contributed by atoms with E-state index in [1.807, 2.05) is 0 Å². The van der Waals surface area contributed by atoms with Crippen molar-refractivity contribution in [1.29, 1.82) is 0 Å². The Bertz CT molecular complexity index is 396. The van der Waals surface area contributed by atoms with Gasteiger partial charge in [-0.1, -0.05) is 6.07 Å². The average Bonchev–Trinajstić information content (AvgIpc) is 2.33. The number of rotatable bonds is 1. The van der Waals surface area contributed by atoms with Crippen molar-refractivity contribution in [3.8, 4) is 5.75 Å². The molecule has 0 aromatic heterocycles. The molecule has 1 aromatic carbocycles. The highest BCUT2D eigenvalue weighted by molar-refractivity contribution is 5.42. The summed E-state index contributed by atoms with van der Waals surface area (Å²) >= 11 is 0. The van der Waals surface area contributed by atoms with Crippen molar-refractivity contribution in [3.63, 3.8) is 0 Å². The van der Waals surface area contributed by atoms with Gasteiger partial charge in [0.15, 0.2) is 0 Å². The fourth-order valence-electron chi connectivity index (χ4n) is 2.01. The SMILES string of the molecule is COc1ccc2c(c1)[C@@H](O)[C@@H](O)[C@H](O)[C@H]2N. The third-order valence-electron chi connectivity index (χ3n) is 3.01. The van der Waals surface area contributed by atoms with E-state index < -0.39 is 24.4 Å². The van der Waals surface area contributed by atoms with Gasteiger partial charge in [0.1, 0.15) is 24.1 Å². The van der Waals surface area contributed by atoms with E-state index in [-0.39, 0.29) is 0 Å². The van der Waals surface area contributed by atoms with Crippen LogP contribution in [0.3, 0.4) is 0 Å². The maximum absolute atomic E-state index is 9.82. The Labute approximate surface area is 93.1 Å². The number of benzene rings is 1. The minimum atomic E-state index is -1.27. The summed E-state index contributed by atoms with van der Waals surface area (Å²) in [6.45, 7) is 0. The van der Waals surface area contributed by atoms with E-state index >= 15 is 0 Å². The summed E-state index contributed by atoms with van der Waals surface area (Å²) in [5.41, 5.74) is 6.91. The smallest absolute Gasteiger partial charge is 0.119 e. The first-order valence-corrected chi connectivity index (χ1v) is 5.04. The van der Waals surface area contributed by atoms with Crippen LogP contribution >= 0.6 is 0 Å². The van der Waals surface area contributed by atoms with Crippen LogP contribution < -0.4 is 10.5 Å².